The summed E-state index contributed by atoms with van der Waals surface area (Å²) in [5, 5.41) is 11.3. The molecule has 0 radical (unpaired) electrons. The van der Waals surface area contributed by atoms with Gasteiger partial charge in [0.2, 0.25) is 0 Å². The number of aliphatic hydroxyl groups is 1. The molecule has 32 heavy (non-hydrogen) atoms. The van der Waals surface area contributed by atoms with Crippen molar-refractivity contribution in [1.82, 2.24) is 0 Å². The fraction of sp³-hybridized carbons (Fsp3) is 0.250. The molecule has 3 aromatic rings. The molecule has 0 amide bonds. The summed E-state index contributed by atoms with van der Waals surface area (Å²) in [5.74, 6) is -0.352. The molecule has 0 spiro atoms. The number of carbonyl (C=O) groups is 1. The highest BCUT2D eigenvalue weighted by Gasteiger charge is 2.47. The van der Waals surface area contributed by atoms with E-state index in [0.717, 1.165) is 30.5 Å². The van der Waals surface area contributed by atoms with E-state index >= 15 is 0 Å². The highest BCUT2D eigenvalue weighted by atomic mass is 16.6. The van der Waals surface area contributed by atoms with Crippen LogP contribution in [0.15, 0.2) is 102 Å². The predicted molar refractivity (Wildman–Crippen MR) is 125 cm³/mol. The van der Waals surface area contributed by atoms with Gasteiger partial charge in [-0.25, -0.2) is 4.79 Å². The van der Waals surface area contributed by atoms with Gasteiger partial charge in [0, 0.05) is 11.7 Å². The predicted octanol–water partition coefficient (Wildman–Crippen LogP) is 5.90. The number of rotatable bonds is 7. The quantitative estimate of drug-likeness (QED) is 0.479. The van der Waals surface area contributed by atoms with Crippen LogP contribution in [0, 0.1) is 0 Å². The van der Waals surface area contributed by atoms with Crippen LogP contribution in [0.2, 0.25) is 0 Å². The Morgan fingerprint density at radius 3 is 2.06 bits per heavy atom. The molecular formula is C28H27NO3. The van der Waals surface area contributed by atoms with Gasteiger partial charge in [-0.05, 0) is 48.9 Å². The van der Waals surface area contributed by atoms with Crippen molar-refractivity contribution < 1.29 is 14.6 Å². The van der Waals surface area contributed by atoms with Crippen molar-refractivity contribution in [2.75, 3.05) is 4.90 Å². The number of nitrogens with zero attached hydrogens (tertiary/aromatic N) is 1. The monoisotopic (exact) mass is 425 g/mol. The Kier molecular flexibility index (Phi) is 5.44. The lowest BCUT2D eigenvalue weighted by Crippen LogP contribution is -2.43. The van der Waals surface area contributed by atoms with E-state index in [2.05, 4.69) is 12.1 Å². The van der Waals surface area contributed by atoms with E-state index in [9.17, 15) is 9.90 Å². The maximum absolute atomic E-state index is 13.5. The Morgan fingerprint density at radius 1 is 0.875 bits per heavy atom. The zero-order valence-electron chi connectivity index (χ0n) is 18.0. The summed E-state index contributed by atoms with van der Waals surface area (Å²) in [4.78, 5) is 15.4. The van der Waals surface area contributed by atoms with Crippen molar-refractivity contribution in [3.05, 3.63) is 114 Å². The number of hydrogen-bond acceptors (Lipinski definition) is 4. The van der Waals surface area contributed by atoms with E-state index in [0.29, 0.717) is 6.42 Å². The van der Waals surface area contributed by atoms with Crippen molar-refractivity contribution in [2.45, 2.75) is 43.7 Å². The van der Waals surface area contributed by atoms with E-state index < -0.39 is 11.6 Å². The van der Waals surface area contributed by atoms with Crippen LogP contribution in [0.25, 0.3) is 0 Å². The molecule has 0 aromatic heterocycles. The summed E-state index contributed by atoms with van der Waals surface area (Å²) in [5.41, 5.74) is 2.38. The number of aliphatic hydroxyl groups excluding tert-OH is 1. The molecule has 1 heterocycles. The molecule has 1 aliphatic heterocycles. The number of para-hydroxylation sites is 1. The summed E-state index contributed by atoms with van der Waals surface area (Å²) < 4.78 is 6.25. The Bertz CT molecular complexity index is 1110. The van der Waals surface area contributed by atoms with Crippen LogP contribution in [0.3, 0.4) is 0 Å². The SMILES string of the molecule is O=C1OC(CCc2ccccc2)(c2ccccc2)CC(O)=C1N(c1ccccc1)C1CC1. The molecular weight excluding hydrogens is 398 g/mol. The molecule has 3 aromatic carbocycles. The number of benzene rings is 3. The first-order valence-electron chi connectivity index (χ1n) is 11.3. The summed E-state index contributed by atoms with van der Waals surface area (Å²) in [6.45, 7) is 0. The van der Waals surface area contributed by atoms with E-state index in [-0.39, 0.29) is 23.9 Å². The van der Waals surface area contributed by atoms with Crippen molar-refractivity contribution in [3.63, 3.8) is 0 Å². The largest absolute Gasteiger partial charge is 0.510 e. The van der Waals surface area contributed by atoms with Crippen molar-refractivity contribution in [2.24, 2.45) is 0 Å². The highest BCUT2D eigenvalue weighted by Crippen LogP contribution is 2.45. The Labute approximate surface area is 188 Å². The van der Waals surface area contributed by atoms with Crippen LogP contribution in [0.1, 0.15) is 36.8 Å². The fourth-order valence-electron chi connectivity index (χ4n) is 4.59. The minimum absolute atomic E-state index is 0.105. The average Bonchev–Trinajstić information content (AvgIpc) is 3.67. The van der Waals surface area contributed by atoms with Crippen LogP contribution >= 0.6 is 0 Å². The number of esters is 1. The van der Waals surface area contributed by atoms with Gasteiger partial charge in [-0.3, -0.25) is 0 Å². The molecule has 1 saturated carbocycles. The van der Waals surface area contributed by atoms with E-state index in [4.69, 9.17) is 4.74 Å². The minimum Gasteiger partial charge on any atom is -0.510 e. The van der Waals surface area contributed by atoms with Gasteiger partial charge in [0.05, 0.1) is 6.42 Å². The van der Waals surface area contributed by atoms with Crippen LogP contribution in [-0.4, -0.2) is 17.1 Å². The molecule has 1 unspecified atom stereocenters. The summed E-state index contributed by atoms with van der Waals surface area (Å²) in [7, 11) is 0. The van der Waals surface area contributed by atoms with Gasteiger partial charge < -0.3 is 14.7 Å². The van der Waals surface area contributed by atoms with Gasteiger partial charge >= 0.3 is 5.97 Å². The first-order chi connectivity index (χ1) is 15.7. The normalized spacial score (nSPS) is 20.7. The maximum atomic E-state index is 13.5. The minimum atomic E-state index is -0.895. The average molecular weight is 426 g/mol. The van der Waals surface area contributed by atoms with Crippen LogP contribution < -0.4 is 4.90 Å². The van der Waals surface area contributed by atoms with Gasteiger partial charge in [0.15, 0.2) is 5.70 Å². The summed E-state index contributed by atoms with van der Waals surface area (Å²) in [6, 6.07) is 30.0. The molecule has 0 saturated heterocycles. The van der Waals surface area contributed by atoms with Crippen molar-refractivity contribution in [3.8, 4) is 0 Å². The second-order valence-corrected chi connectivity index (χ2v) is 8.64. The maximum Gasteiger partial charge on any atom is 0.359 e. The second kappa shape index (κ2) is 8.54. The highest BCUT2D eigenvalue weighted by molar-refractivity contribution is 5.95. The van der Waals surface area contributed by atoms with Gasteiger partial charge in [0.1, 0.15) is 11.4 Å². The molecule has 1 aliphatic carbocycles. The van der Waals surface area contributed by atoms with Crippen LogP contribution in [-0.2, 0) is 21.6 Å². The number of cyclic esters (lactones) is 1. The van der Waals surface area contributed by atoms with Gasteiger partial charge in [-0.1, -0.05) is 78.9 Å². The van der Waals surface area contributed by atoms with Crippen LogP contribution in [0.4, 0.5) is 5.69 Å². The summed E-state index contributed by atoms with van der Waals surface area (Å²) in [6.07, 6.45) is 3.60. The fourth-order valence-corrected chi connectivity index (χ4v) is 4.59. The summed E-state index contributed by atoms with van der Waals surface area (Å²) >= 11 is 0. The lowest BCUT2D eigenvalue weighted by molar-refractivity contribution is -0.161. The number of anilines is 1. The third-order valence-corrected chi connectivity index (χ3v) is 6.36. The van der Waals surface area contributed by atoms with Gasteiger partial charge in [-0.2, -0.15) is 0 Å². The Hall–Kier alpha value is -3.53. The van der Waals surface area contributed by atoms with Crippen molar-refractivity contribution in [1.29, 1.82) is 0 Å². The number of ether oxygens (including phenoxy) is 1. The molecule has 2 aliphatic rings. The standard InChI is InChI=1S/C28H27NO3/c30-25-20-28(22-12-6-2-7-13-22,19-18-21-10-4-1-5-11-21)32-27(31)26(25)29(24-16-17-24)23-14-8-3-9-15-23/h1-15,24,30H,16-20H2. The van der Waals surface area contributed by atoms with Crippen molar-refractivity contribution >= 4 is 11.7 Å². The van der Waals surface area contributed by atoms with Gasteiger partial charge in [0.25, 0.3) is 0 Å². The van der Waals surface area contributed by atoms with Crippen LogP contribution in [0.5, 0.6) is 0 Å². The molecule has 4 heteroatoms. The molecule has 0 bridgehead atoms. The molecule has 162 valence electrons. The molecule has 1 fully saturated rings. The van der Waals surface area contributed by atoms with Gasteiger partial charge in [-0.15, -0.1) is 0 Å². The zero-order chi connectivity index (χ0) is 22.0. The Morgan fingerprint density at radius 2 is 1.47 bits per heavy atom. The van der Waals surface area contributed by atoms with E-state index in [1.165, 1.54) is 5.56 Å². The first-order valence-corrected chi connectivity index (χ1v) is 11.3. The lowest BCUT2D eigenvalue weighted by Gasteiger charge is -2.40. The lowest BCUT2D eigenvalue weighted by atomic mass is 9.82. The molecule has 4 nitrogen and oxygen atoms in total. The number of hydrogen-bond donors (Lipinski definition) is 1. The number of aryl methyl sites for hydroxylation is 1. The second-order valence-electron chi connectivity index (χ2n) is 8.64. The van der Waals surface area contributed by atoms with E-state index in [1.807, 2.05) is 83.8 Å². The zero-order valence-corrected chi connectivity index (χ0v) is 18.0. The Balaban J connectivity index is 1.51. The smallest absolute Gasteiger partial charge is 0.359 e. The molecule has 1 atom stereocenters. The molecule has 1 N–H and O–H groups in total. The third kappa shape index (κ3) is 4.01. The topological polar surface area (TPSA) is 49.8 Å². The molecule has 5 rings (SSSR count). The van der Waals surface area contributed by atoms with E-state index in [1.54, 1.807) is 0 Å². The number of carbonyl (C=O) groups excluding carboxylic acids is 1. The first kappa shape index (κ1) is 20.4. The third-order valence-electron chi connectivity index (χ3n) is 6.36.